The van der Waals surface area contributed by atoms with Gasteiger partial charge in [-0.3, -0.25) is 10.1 Å². The number of hydrogen-bond donors (Lipinski definition) is 0. The molecule has 0 N–H and O–H groups in total. The van der Waals surface area contributed by atoms with Gasteiger partial charge in [-0.25, -0.2) is 18.4 Å². The van der Waals surface area contributed by atoms with Crippen molar-refractivity contribution in [1.82, 2.24) is 9.97 Å². The molecule has 3 rings (SSSR count). The molecule has 0 amide bonds. The molecule has 8 heteroatoms. The Kier molecular flexibility index (Phi) is 2.60. The maximum absolute atomic E-state index is 11.6. The molecule has 0 radical (unpaired) electrons. The predicted octanol–water partition coefficient (Wildman–Crippen LogP) is 1.54. The minimum atomic E-state index is -3.55. The van der Waals surface area contributed by atoms with Gasteiger partial charge in [0.25, 0.3) is 0 Å². The van der Waals surface area contributed by atoms with Crippen LogP contribution >= 0.6 is 0 Å². The molecule has 0 aliphatic heterocycles. The second-order valence-electron chi connectivity index (χ2n) is 5.20. The van der Waals surface area contributed by atoms with Gasteiger partial charge in [-0.05, 0) is 25.7 Å². The van der Waals surface area contributed by atoms with Crippen molar-refractivity contribution in [3.63, 3.8) is 0 Å². The van der Waals surface area contributed by atoms with Gasteiger partial charge in [0, 0.05) is 18.1 Å². The fourth-order valence-corrected chi connectivity index (χ4v) is 2.63. The van der Waals surface area contributed by atoms with Gasteiger partial charge in [0.2, 0.25) is 15.0 Å². The lowest BCUT2D eigenvalue weighted by Crippen LogP contribution is -2.12. The summed E-state index contributed by atoms with van der Waals surface area (Å²) in [4.78, 5) is 18.7. The predicted molar refractivity (Wildman–Crippen MR) is 65.7 cm³/mol. The van der Waals surface area contributed by atoms with Crippen LogP contribution in [0.25, 0.3) is 0 Å². The normalized spacial score (nSPS) is 19.4. The van der Waals surface area contributed by atoms with Crippen LogP contribution in [0.5, 0.6) is 0 Å². The first kappa shape index (κ1) is 12.5. The number of nitrogens with zero attached hydrogens (tertiary/aromatic N) is 3. The van der Waals surface area contributed by atoms with E-state index in [1.807, 2.05) is 0 Å². The third kappa shape index (κ3) is 2.32. The molecule has 2 saturated carbocycles. The van der Waals surface area contributed by atoms with Gasteiger partial charge in [-0.15, -0.1) is 0 Å². The van der Waals surface area contributed by atoms with Crippen molar-refractivity contribution in [2.45, 2.75) is 42.7 Å². The highest BCUT2D eigenvalue weighted by atomic mass is 32.2. The van der Waals surface area contributed by atoms with Crippen LogP contribution < -0.4 is 0 Å². The first-order chi connectivity index (χ1) is 8.88. The van der Waals surface area contributed by atoms with E-state index in [0.29, 0.717) is 11.4 Å². The molecule has 2 aliphatic carbocycles. The van der Waals surface area contributed by atoms with Gasteiger partial charge in [0.1, 0.15) is 11.4 Å². The Hall–Kier alpha value is -1.57. The molecular formula is C11H13N3O4S. The second kappa shape index (κ2) is 3.96. The minimum Gasteiger partial charge on any atom is -0.258 e. The Bertz CT molecular complexity index is 630. The molecule has 2 aliphatic rings. The van der Waals surface area contributed by atoms with E-state index in [2.05, 4.69) is 9.97 Å². The molecular weight excluding hydrogens is 270 g/mol. The Balaban J connectivity index is 2.25. The van der Waals surface area contributed by atoms with Crippen molar-refractivity contribution in [2.24, 2.45) is 0 Å². The van der Waals surface area contributed by atoms with E-state index < -0.39 is 14.8 Å². The van der Waals surface area contributed by atoms with Crippen LogP contribution in [0.3, 0.4) is 0 Å². The van der Waals surface area contributed by atoms with Gasteiger partial charge >= 0.3 is 5.69 Å². The van der Waals surface area contributed by atoms with Crippen LogP contribution in [0.1, 0.15) is 48.9 Å². The number of nitro groups is 1. The minimum absolute atomic E-state index is 0.0152. The van der Waals surface area contributed by atoms with Crippen molar-refractivity contribution in [1.29, 1.82) is 0 Å². The van der Waals surface area contributed by atoms with E-state index in [4.69, 9.17) is 0 Å². The third-order valence-corrected chi connectivity index (χ3v) is 4.21. The summed E-state index contributed by atoms with van der Waals surface area (Å²) in [6.45, 7) is 0. The molecule has 0 unspecified atom stereocenters. The molecule has 0 atom stereocenters. The maximum Gasteiger partial charge on any atom is 0.312 e. The first-order valence-corrected chi connectivity index (χ1v) is 8.03. The van der Waals surface area contributed by atoms with Crippen LogP contribution in [-0.4, -0.2) is 29.6 Å². The molecule has 19 heavy (non-hydrogen) atoms. The Labute approximate surface area is 110 Å². The van der Waals surface area contributed by atoms with Crippen molar-refractivity contribution in [3.05, 3.63) is 21.5 Å². The van der Waals surface area contributed by atoms with Gasteiger partial charge in [0.05, 0.1) is 4.92 Å². The Morgan fingerprint density at radius 2 is 1.53 bits per heavy atom. The highest BCUT2D eigenvalue weighted by molar-refractivity contribution is 7.90. The third-order valence-electron chi connectivity index (χ3n) is 3.36. The smallest absolute Gasteiger partial charge is 0.258 e. The quantitative estimate of drug-likeness (QED) is 0.471. The number of rotatable bonds is 4. The number of aromatic nitrogens is 2. The topological polar surface area (TPSA) is 103 Å². The summed E-state index contributed by atoms with van der Waals surface area (Å²) in [5.41, 5.74) is 0.557. The monoisotopic (exact) mass is 283 g/mol. The number of sulfone groups is 1. The van der Waals surface area contributed by atoms with Crippen molar-refractivity contribution in [3.8, 4) is 0 Å². The van der Waals surface area contributed by atoms with Gasteiger partial charge < -0.3 is 0 Å². The zero-order chi connectivity index (χ0) is 13.8. The lowest BCUT2D eigenvalue weighted by molar-refractivity contribution is -0.387. The lowest BCUT2D eigenvalue weighted by atomic mass is 10.1. The van der Waals surface area contributed by atoms with Crippen LogP contribution in [0.2, 0.25) is 0 Å². The summed E-state index contributed by atoms with van der Waals surface area (Å²) in [5, 5.41) is 11.0. The van der Waals surface area contributed by atoms with Gasteiger partial charge in [-0.2, -0.15) is 0 Å². The molecule has 102 valence electrons. The molecule has 0 spiro atoms. The summed E-state index contributed by atoms with van der Waals surface area (Å²) >= 11 is 0. The zero-order valence-electron chi connectivity index (χ0n) is 10.4. The van der Waals surface area contributed by atoms with Crippen LogP contribution in [0.15, 0.2) is 5.16 Å². The molecule has 2 fully saturated rings. The van der Waals surface area contributed by atoms with Crippen LogP contribution in [-0.2, 0) is 9.84 Å². The number of hydrogen-bond acceptors (Lipinski definition) is 6. The summed E-state index contributed by atoms with van der Waals surface area (Å²) in [6.07, 6.45) is 4.33. The van der Waals surface area contributed by atoms with Crippen LogP contribution in [0.4, 0.5) is 5.69 Å². The fraction of sp³-hybridized carbons (Fsp3) is 0.636. The molecule has 0 bridgehead atoms. The van der Waals surface area contributed by atoms with Crippen molar-refractivity contribution in [2.75, 3.05) is 6.26 Å². The highest BCUT2D eigenvalue weighted by Gasteiger charge is 2.41. The van der Waals surface area contributed by atoms with E-state index in [1.165, 1.54) is 0 Å². The fourth-order valence-electron chi connectivity index (χ4n) is 2.10. The van der Waals surface area contributed by atoms with E-state index in [0.717, 1.165) is 31.9 Å². The van der Waals surface area contributed by atoms with E-state index >= 15 is 0 Å². The van der Waals surface area contributed by atoms with Crippen molar-refractivity contribution >= 4 is 15.5 Å². The average Bonchev–Trinajstić information content (AvgIpc) is 3.14. The van der Waals surface area contributed by atoms with Crippen molar-refractivity contribution < 1.29 is 13.3 Å². The Morgan fingerprint density at radius 3 is 1.79 bits per heavy atom. The van der Waals surface area contributed by atoms with Gasteiger partial charge in [0.15, 0.2) is 0 Å². The molecule has 1 heterocycles. The standard InChI is InChI=1S/C11H13N3O4S/c1-19(17,18)11-12-8(6-2-3-6)10(14(15)16)9(13-11)7-4-5-7/h6-7H,2-5H2,1H3. The molecule has 1 aromatic heterocycles. The second-order valence-corrected chi connectivity index (χ2v) is 7.11. The zero-order valence-corrected chi connectivity index (χ0v) is 11.2. The lowest BCUT2D eigenvalue weighted by Gasteiger charge is -2.07. The van der Waals surface area contributed by atoms with E-state index in [9.17, 15) is 18.5 Å². The van der Waals surface area contributed by atoms with E-state index in [-0.39, 0.29) is 22.7 Å². The summed E-state index contributed by atoms with van der Waals surface area (Å²) in [5.74, 6) is 0.0304. The SMILES string of the molecule is CS(=O)(=O)c1nc(C2CC2)c([N+](=O)[O-])c(C2CC2)n1. The summed E-state index contributed by atoms with van der Waals surface area (Å²) in [7, 11) is -3.55. The highest BCUT2D eigenvalue weighted by Crippen LogP contribution is 2.49. The average molecular weight is 283 g/mol. The molecule has 0 saturated heterocycles. The molecule has 7 nitrogen and oxygen atoms in total. The first-order valence-electron chi connectivity index (χ1n) is 6.14. The van der Waals surface area contributed by atoms with Crippen LogP contribution in [0, 0.1) is 10.1 Å². The van der Waals surface area contributed by atoms with Gasteiger partial charge in [-0.1, -0.05) is 0 Å². The summed E-state index contributed by atoms with van der Waals surface area (Å²) < 4.78 is 23.2. The van der Waals surface area contributed by atoms with E-state index in [1.54, 1.807) is 0 Å². The molecule has 1 aromatic rings. The maximum atomic E-state index is 11.6. The molecule has 0 aromatic carbocycles. The Morgan fingerprint density at radius 1 is 1.11 bits per heavy atom. The summed E-state index contributed by atoms with van der Waals surface area (Å²) in [6, 6.07) is 0. The largest absolute Gasteiger partial charge is 0.312 e.